The van der Waals surface area contributed by atoms with Gasteiger partial charge in [0.25, 0.3) is 0 Å². The first-order chi connectivity index (χ1) is 10.2. The van der Waals surface area contributed by atoms with Crippen molar-refractivity contribution in [2.75, 3.05) is 12.9 Å². The summed E-state index contributed by atoms with van der Waals surface area (Å²) >= 11 is 1.56. The molecule has 0 radical (unpaired) electrons. The molecule has 110 valence electrons. The topological polar surface area (TPSA) is 62.9 Å². The molecule has 1 atom stereocenters. The van der Waals surface area contributed by atoms with Crippen LogP contribution >= 0.6 is 11.8 Å². The number of rotatable bonds is 4. The number of thioether (sulfide) groups is 1. The standard InChI is InChI=1S/C15H15NO4S/c1-19-13-7-10(4-5-12(13)17)15-16(14(18)9-21-15)8-11-3-2-6-20-11/h2-7,15,17H,8-9H2,1H3. The van der Waals surface area contributed by atoms with Crippen LogP contribution in [-0.4, -0.2) is 28.8 Å². The van der Waals surface area contributed by atoms with Crippen LogP contribution in [0.2, 0.25) is 0 Å². The number of methoxy groups -OCH3 is 1. The molecule has 5 nitrogen and oxygen atoms in total. The summed E-state index contributed by atoms with van der Waals surface area (Å²) in [6.45, 7) is 0.437. The zero-order valence-electron chi connectivity index (χ0n) is 11.5. The maximum Gasteiger partial charge on any atom is 0.234 e. The summed E-state index contributed by atoms with van der Waals surface area (Å²) in [5.41, 5.74) is 0.923. The fraction of sp³-hybridized carbons (Fsp3) is 0.267. The zero-order chi connectivity index (χ0) is 14.8. The van der Waals surface area contributed by atoms with Gasteiger partial charge >= 0.3 is 0 Å². The van der Waals surface area contributed by atoms with Gasteiger partial charge in [0.1, 0.15) is 11.1 Å². The Kier molecular flexibility index (Phi) is 3.79. The molecule has 2 heterocycles. The lowest BCUT2D eigenvalue weighted by Gasteiger charge is -2.23. The van der Waals surface area contributed by atoms with Crippen LogP contribution in [0.5, 0.6) is 11.5 Å². The summed E-state index contributed by atoms with van der Waals surface area (Å²) in [5.74, 6) is 1.77. The van der Waals surface area contributed by atoms with Gasteiger partial charge in [-0.05, 0) is 29.8 Å². The number of furan rings is 1. The van der Waals surface area contributed by atoms with Crippen molar-refractivity contribution in [1.82, 2.24) is 4.90 Å². The summed E-state index contributed by atoms with van der Waals surface area (Å²) in [4.78, 5) is 13.9. The Bertz CT molecular complexity index is 641. The molecule has 1 aliphatic rings. The van der Waals surface area contributed by atoms with Gasteiger partial charge < -0.3 is 19.2 Å². The number of nitrogens with zero attached hydrogens (tertiary/aromatic N) is 1. The SMILES string of the molecule is COc1cc(C2SCC(=O)N2Cc2ccco2)ccc1O. The van der Waals surface area contributed by atoms with E-state index >= 15 is 0 Å². The van der Waals surface area contributed by atoms with Gasteiger partial charge in [-0.25, -0.2) is 0 Å². The van der Waals surface area contributed by atoms with E-state index in [1.807, 2.05) is 18.2 Å². The van der Waals surface area contributed by atoms with Gasteiger partial charge in [0.15, 0.2) is 11.5 Å². The maximum absolute atomic E-state index is 12.1. The van der Waals surface area contributed by atoms with Gasteiger partial charge in [-0.15, -0.1) is 11.8 Å². The highest BCUT2D eigenvalue weighted by Crippen LogP contribution is 2.41. The summed E-state index contributed by atoms with van der Waals surface area (Å²) in [6.07, 6.45) is 1.60. The van der Waals surface area contributed by atoms with Crippen LogP contribution in [0.4, 0.5) is 0 Å². The maximum atomic E-state index is 12.1. The second-order valence-corrected chi connectivity index (χ2v) is 5.76. The summed E-state index contributed by atoms with van der Waals surface area (Å²) in [6, 6.07) is 8.82. The minimum Gasteiger partial charge on any atom is -0.504 e. The predicted octanol–water partition coefficient (Wildman–Crippen LogP) is 2.77. The molecule has 1 aromatic carbocycles. The van der Waals surface area contributed by atoms with Crippen molar-refractivity contribution in [1.29, 1.82) is 0 Å². The van der Waals surface area contributed by atoms with Gasteiger partial charge in [0, 0.05) is 0 Å². The highest BCUT2D eigenvalue weighted by atomic mass is 32.2. The number of hydrogen-bond acceptors (Lipinski definition) is 5. The first kappa shape index (κ1) is 13.9. The van der Waals surface area contributed by atoms with E-state index in [2.05, 4.69) is 0 Å². The van der Waals surface area contributed by atoms with E-state index in [0.29, 0.717) is 18.0 Å². The number of carbonyl (C=O) groups excluding carboxylic acids is 1. The molecule has 1 unspecified atom stereocenters. The van der Waals surface area contributed by atoms with Crippen LogP contribution < -0.4 is 4.74 Å². The van der Waals surface area contributed by atoms with Gasteiger partial charge in [-0.3, -0.25) is 4.79 Å². The summed E-state index contributed by atoms with van der Waals surface area (Å²) in [7, 11) is 1.51. The van der Waals surface area contributed by atoms with Gasteiger partial charge in [-0.1, -0.05) is 6.07 Å². The van der Waals surface area contributed by atoms with Crippen molar-refractivity contribution in [3.05, 3.63) is 47.9 Å². The van der Waals surface area contributed by atoms with Crippen molar-refractivity contribution in [3.8, 4) is 11.5 Å². The van der Waals surface area contributed by atoms with Gasteiger partial charge in [0.2, 0.25) is 5.91 Å². The molecule has 0 spiro atoms. The lowest BCUT2D eigenvalue weighted by atomic mass is 10.1. The largest absolute Gasteiger partial charge is 0.504 e. The monoisotopic (exact) mass is 305 g/mol. The smallest absolute Gasteiger partial charge is 0.234 e. The third-order valence-electron chi connectivity index (χ3n) is 3.36. The Morgan fingerprint density at radius 2 is 2.33 bits per heavy atom. The molecule has 1 N–H and O–H groups in total. The van der Waals surface area contributed by atoms with Crippen molar-refractivity contribution in [3.63, 3.8) is 0 Å². The van der Waals surface area contributed by atoms with Gasteiger partial charge in [-0.2, -0.15) is 0 Å². The molecular weight excluding hydrogens is 290 g/mol. The zero-order valence-corrected chi connectivity index (χ0v) is 12.3. The number of hydrogen-bond donors (Lipinski definition) is 1. The fourth-order valence-electron chi connectivity index (χ4n) is 2.32. The van der Waals surface area contributed by atoms with Crippen LogP contribution in [-0.2, 0) is 11.3 Å². The van der Waals surface area contributed by atoms with E-state index in [0.717, 1.165) is 11.3 Å². The molecule has 1 saturated heterocycles. The number of ether oxygens (including phenoxy) is 1. The normalized spacial score (nSPS) is 18.2. The van der Waals surface area contributed by atoms with Crippen LogP contribution in [0.15, 0.2) is 41.0 Å². The molecule has 1 aliphatic heterocycles. The van der Waals surface area contributed by atoms with E-state index in [1.165, 1.54) is 7.11 Å². The quantitative estimate of drug-likeness (QED) is 0.941. The number of aromatic hydroxyl groups is 1. The minimum absolute atomic E-state index is 0.0773. The molecule has 3 rings (SSSR count). The number of benzene rings is 1. The van der Waals surface area contributed by atoms with E-state index in [9.17, 15) is 9.90 Å². The molecule has 0 aliphatic carbocycles. The Hall–Kier alpha value is -2.08. The summed E-state index contributed by atoms with van der Waals surface area (Å²) < 4.78 is 10.5. The minimum atomic E-state index is -0.0999. The van der Waals surface area contributed by atoms with Gasteiger partial charge in [0.05, 0.1) is 25.7 Å². The molecule has 0 bridgehead atoms. The number of phenolic OH excluding ortho intramolecular Hbond substituents is 1. The second-order valence-electron chi connectivity index (χ2n) is 4.70. The van der Waals surface area contributed by atoms with E-state index < -0.39 is 0 Å². The van der Waals surface area contributed by atoms with Crippen LogP contribution in [0, 0.1) is 0 Å². The van der Waals surface area contributed by atoms with Crippen molar-refractivity contribution in [2.24, 2.45) is 0 Å². The third-order valence-corrected chi connectivity index (χ3v) is 4.62. The molecule has 6 heteroatoms. The highest BCUT2D eigenvalue weighted by Gasteiger charge is 2.33. The van der Waals surface area contributed by atoms with Crippen molar-refractivity contribution < 1.29 is 19.1 Å². The highest BCUT2D eigenvalue weighted by molar-refractivity contribution is 8.00. The molecular formula is C15H15NO4S. The van der Waals surface area contributed by atoms with Crippen molar-refractivity contribution in [2.45, 2.75) is 11.9 Å². The lowest BCUT2D eigenvalue weighted by Crippen LogP contribution is -2.27. The van der Waals surface area contributed by atoms with E-state index in [-0.39, 0.29) is 17.0 Å². The second kappa shape index (κ2) is 5.73. The third kappa shape index (κ3) is 2.71. The molecule has 1 fully saturated rings. The van der Waals surface area contributed by atoms with Crippen LogP contribution in [0.25, 0.3) is 0 Å². The van der Waals surface area contributed by atoms with Crippen LogP contribution in [0.3, 0.4) is 0 Å². The predicted molar refractivity (Wildman–Crippen MR) is 79.1 cm³/mol. The number of carbonyl (C=O) groups is 1. The Labute approximate surface area is 126 Å². The first-order valence-electron chi connectivity index (χ1n) is 6.49. The average molecular weight is 305 g/mol. The van der Waals surface area contributed by atoms with Crippen molar-refractivity contribution >= 4 is 17.7 Å². The molecule has 0 saturated carbocycles. The van der Waals surface area contributed by atoms with E-state index in [1.54, 1.807) is 35.1 Å². The molecule has 2 aromatic rings. The van der Waals surface area contributed by atoms with Crippen LogP contribution in [0.1, 0.15) is 16.7 Å². The Balaban J connectivity index is 1.87. The summed E-state index contributed by atoms with van der Waals surface area (Å²) in [5, 5.41) is 9.58. The number of phenols is 1. The average Bonchev–Trinajstić information content (AvgIpc) is 3.12. The lowest BCUT2D eigenvalue weighted by molar-refractivity contribution is -0.128. The number of amides is 1. The fourth-order valence-corrected chi connectivity index (χ4v) is 3.50. The molecule has 21 heavy (non-hydrogen) atoms. The Morgan fingerprint density at radius 1 is 1.48 bits per heavy atom. The first-order valence-corrected chi connectivity index (χ1v) is 7.54. The Morgan fingerprint density at radius 3 is 3.05 bits per heavy atom. The molecule has 1 amide bonds. The molecule has 1 aromatic heterocycles. The van der Waals surface area contributed by atoms with E-state index in [4.69, 9.17) is 9.15 Å².